The summed E-state index contributed by atoms with van der Waals surface area (Å²) in [4.78, 5) is 0. The Morgan fingerprint density at radius 1 is 1.06 bits per heavy atom. The average Bonchev–Trinajstić information content (AvgIpc) is 2.39. The zero-order chi connectivity index (χ0) is 13.0. The van der Waals surface area contributed by atoms with Gasteiger partial charge in [0, 0.05) is 6.04 Å². The summed E-state index contributed by atoms with van der Waals surface area (Å²) in [5.41, 5.74) is 4.67. The van der Waals surface area contributed by atoms with Gasteiger partial charge < -0.3 is 5.32 Å². The van der Waals surface area contributed by atoms with E-state index < -0.39 is 0 Å². The fraction of sp³-hybridized carbons (Fsp3) is 0.647. The Kier molecular flexibility index (Phi) is 4.82. The molecule has 0 fully saturated rings. The van der Waals surface area contributed by atoms with E-state index >= 15 is 0 Å². The van der Waals surface area contributed by atoms with Crippen molar-refractivity contribution in [2.45, 2.75) is 58.4 Å². The zero-order valence-electron chi connectivity index (χ0n) is 12.1. The molecule has 0 aliphatic heterocycles. The van der Waals surface area contributed by atoms with Gasteiger partial charge in [0.2, 0.25) is 0 Å². The summed E-state index contributed by atoms with van der Waals surface area (Å²) < 4.78 is 0. The van der Waals surface area contributed by atoms with Crippen LogP contribution in [0.2, 0.25) is 0 Å². The topological polar surface area (TPSA) is 12.0 Å². The molecule has 0 aromatic heterocycles. The number of hydrogen-bond acceptors (Lipinski definition) is 1. The van der Waals surface area contributed by atoms with Gasteiger partial charge in [-0.1, -0.05) is 32.0 Å². The van der Waals surface area contributed by atoms with Crippen molar-refractivity contribution in [3.05, 3.63) is 34.9 Å². The van der Waals surface area contributed by atoms with Crippen molar-refractivity contribution in [3.8, 4) is 0 Å². The second-order valence-electron chi connectivity index (χ2n) is 6.05. The molecule has 2 rings (SSSR count). The SMILES string of the molecule is CNC(CCC(C)C)c1ccc2c(c1)CCCC2. The van der Waals surface area contributed by atoms with Gasteiger partial charge in [-0.15, -0.1) is 0 Å². The van der Waals surface area contributed by atoms with Gasteiger partial charge >= 0.3 is 0 Å². The molecule has 1 aliphatic carbocycles. The third-order valence-corrected chi connectivity index (χ3v) is 4.16. The van der Waals surface area contributed by atoms with Crippen molar-refractivity contribution < 1.29 is 0 Å². The molecule has 18 heavy (non-hydrogen) atoms. The van der Waals surface area contributed by atoms with Gasteiger partial charge in [0.25, 0.3) is 0 Å². The van der Waals surface area contributed by atoms with Crippen LogP contribution < -0.4 is 5.32 Å². The predicted octanol–water partition coefficient (Wildman–Crippen LogP) is 4.26. The number of benzene rings is 1. The van der Waals surface area contributed by atoms with E-state index in [9.17, 15) is 0 Å². The number of nitrogens with one attached hydrogen (secondary N) is 1. The molecule has 0 heterocycles. The van der Waals surface area contributed by atoms with Crippen LogP contribution in [-0.2, 0) is 12.8 Å². The van der Waals surface area contributed by atoms with E-state index in [0.717, 1.165) is 5.92 Å². The van der Waals surface area contributed by atoms with Crippen molar-refractivity contribution in [3.63, 3.8) is 0 Å². The third kappa shape index (κ3) is 3.35. The first-order valence-electron chi connectivity index (χ1n) is 7.49. The standard InChI is InChI=1S/C17H27N/c1-13(2)8-11-17(18-3)16-10-9-14-6-4-5-7-15(14)12-16/h9-10,12-13,17-18H,4-8,11H2,1-3H3. The second kappa shape index (κ2) is 6.38. The van der Waals surface area contributed by atoms with Crippen LogP contribution in [0.5, 0.6) is 0 Å². The molecule has 0 spiro atoms. The summed E-state index contributed by atoms with van der Waals surface area (Å²) >= 11 is 0. The quantitative estimate of drug-likeness (QED) is 0.817. The lowest BCUT2D eigenvalue weighted by molar-refractivity contribution is 0.464. The molecular formula is C17H27N. The minimum absolute atomic E-state index is 0.527. The Balaban J connectivity index is 2.10. The smallest absolute Gasteiger partial charge is 0.0317 e. The van der Waals surface area contributed by atoms with E-state index in [1.807, 2.05) is 0 Å². The molecule has 1 heteroatoms. The summed E-state index contributed by atoms with van der Waals surface area (Å²) in [5, 5.41) is 3.48. The number of rotatable bonds is 5. The van der Waals surface area contributed by atoms with Crippen molar-refractivity contribution in [1.29, 1.82) is 0 Å². The van der Waals surface area contributed by atoms with Gasteiger partial charge in [-0.3, -0.25) is 0 Å². The maximum Gasteiger partial charge on any atom is 0.0317 e. The molecule has 1 unspecified atom stereocenters. The Morgan fingerprint density at radius 2 is 1.78 bits per heavy atom. The Hall–Kier alpha value is -0.820. The summed E-state index contributed by atoms with van der Waals surface area (Å²) in [7, 11) is 2.09. The highest BCUT2D eigenvalue weighted by Gasteiger charge is 2.14. The highest BCUT2D eigenvalue weighted by molar-refractivity contribution is 5.35. The lowest BCUT2D eigenvalue weighted by Crippen LogP contribution is -2.17. The van der Waals surface area contributed by atoms with Crippen LogP contribution in [0.3, 0.4) is 0 Å². The summed E-state index contributed by atoms with van der Waals surface area (Å²) in [6.07, 6.45) is 7.84. The first-order valence-corrected chi connectivity index (χ1v) is 7.49. The van der Waals surface area contributed by atoms with E-state index in [-0.39, 0.29) is 0 Å². The molecule has 1 aromatic rings. The Morgan fingerprint density at radius 3 is 2.44 bits per heavy atom. The molecule has 1 atom stereocenters. The lowest BCUT2D eigenvalue weighted by Gasteiger charge is -2.22. The molecule has 0 saturated heterocycles. The first-order chi connectivity index (χ1) is 8.70. The highest BCUT2D eigenvalue weighted by atomic mass is 14.9. The van der Waals surface area contributed by atoms with E-state index in [0.29, 0.717) is 6.04 Å². The molecule has 0 bridgehead atoms. The van der Waals surface area contributed by atoms with Gasteiger partial charge in [-0.25, -0.2) is 0 Å². The van der Waals surface area contributed by atoms with Crippen molar-refractivity contribution in [1.82, 2.24) is 5.32 Å². The van der Waals surface area contributed by atoms with Crippen LogP contribution in [0.4, 0.5) is 0 Å². The van der Waals surface area contributed by atoms with Crippen molar-refractivity contribution in [2.24, 2.45) is 5.92 Å². The predicted molar refractivity (Wildman–Crippen MR) is 79.0 cm³/mol. The van der Waals surface area contributed by atoms with Gasteiger partial charge in [-0.05, 0) is 68.2 Å². The van der Waals surface area contributed by atoms with E-state index in [4.69, 9.17) is 0 Å². The fourth-order valence-corrected chi connectivity index (χ4v) is 2.95. The van der Waals surface area contributed by atoms with Crippen LogP contribution in [-0.4, -0.2) is 7.05 Å². The van der Waals surface area contributed by atoms with Crippen LogP contribution in [0.25, 0.3) is 0 Å². The van der Waals surface area contributed by atoms with E-state index in [1.165, 1.54) is 44.1 Å². The second-order valence-corrected chi connectivity index (χ2v) is 6.05. The summed E-state index contributed by atoms with van der Waals surface area (Å²) in [6.45, 7) is 4.61. The van der Waals surface area contributed by atoms with Crippen LogP contribution >= 0.6 is 0 Å². The largest absolute Gasteiger partial charge is 0.313 e. The molecule has 1 aliphatic rings. The zero-order valence-corrected chi connectivity index (χ0v) is 12.1. The number of aryl methyl sites for hydroxylation is 2. The maximum atomic E-state index is 3.48. The normalized spacial score (nSPS) is 16.7. The van der Waals surface area contributed by atoms with Crippen molar-refractivity contribution in [2.75, 3.05) is 7.05 Å². The third-order valence-electron chi connectivity index (χ3n) is 4.16. The molecule has 1 aromatic carbocycles. The summed E-state index contributed by atoms with van der Waals surface area (Å²) in [5.74, 6) is 0.790. The maximum absolute atomic E-state index is 3.48. The number of fused-ring (bicyclic) bond motifs is 1. The molecule has 1 nitrogen and oxygen atoms in total. The lowest BCUT2D eigenvalue weighted by atomic mass is 9.88. The van der Waals surface area contributed by atoms with Gasteiger partial charge in [0.1, 0.15) is 0 Å². The van der Waals surface area contributed by atoms with Gasteiger partial charge in [-0.2, -0.15) is 0 Å². The molecule has 100 valence electrons. The minimum Gasteiger partial charge on any atom is -0.313 e. The monoisotopic (exact) mass is 245 g/mol. The Labute approximate surface area is 112 Å². The molecule has 0 amide bonds. The average molecular weight is 245 g/mol. The van der Waals surface area contributed by atoms with E-state index in [1.54, 1.807) is 11.1 Å². The number of hydrogen-bond donors (Lipinski definition) is 1. The summed E-state index contributed by atoms with van der Waals surface area (Å²) in [6, 6.07) is 7.69. The fourth-order valence-electron chi connectivity index (χ4n) is 2.95. The minimum atomic E-state index is 0.527. The van der Waals surface area contributed by atoms with Crippen LogP contribution in [0.1, 0.15) is 62.3 Å². The first kappa shape index (κ1) is 13.6. The molecule has 1 N–H and O–H groups in total. The van der Waals surface area contributed by atoms with Crippen molar-refractivity contribution >= 4 is 0 Å². The molecule has 0 radical (unpaired) electrons. The van der Waals surface area contributed by atoms with Gasteiger partial charge in [0.05, 0.1) is 0 Å². The molecule has 0 saturated carbocycles. The van der Waals surface area contributed by atoms with Crippen LogP contribution in [0, 0.1) is 5.92 Å². The van der Waals surface area contributed by atoms with Crippen LogP contribution in [0.15, 0.2) is 18.2 Å². The highest BCUT2D eigenvalue weighted by Crippen LogP contribution is 2.27. The Bertz CT molecular complexity index is 381. The molecular weight excluding hydrogens is 218 g/mol. The van der Waals surface area contributed by atoms with E-state index in [2.05, 4.69) is 44.4 Å². The van der Waals surface area contributed by atoms with Gasteiger partial charge in [0.15, 0.2) is 0 Å².